The van der Waals surface area contributed by atoms with Crippen molar-refractivity contribution in [3.05, 3.63) is 21.6 Å². The number of rotatable bonds is 0. The molecule has 0 fully saturated rings. The first kappa shape index (κ1) is 10.9. The van der Waals surface area contributed by atoms with Crippen molar-refractivity contribution in [1.29, 1.82) is 0 Å². The van der Waals surface area contributed by atoms with Gasteiger partial charge < -0.3 is 0 Å². The lowest BCUT2D eigenvalue weighted by molar-refractivity contribution is 0.591. The highest BCUT2D eigenvalue weighted by Crippen LogP contribution is 2.37. The molecule has 4 nitrogen and oxygen atoms in total. The zero-order chi connectivity index (χ0) is 11.2. The molecule has 0 bridgehead atoms. The van der Waals surface area contributed by atoms with E-state index in [4.69, 9.17) is 11.6 Å². The lowest BCUT2D eigenvalue weighted by atomic mass is 10.3. The summed E-state index contributed by atoms with van der Waals surface area (Å²) < 4.78 is 26.3. The molecule has 0 aromatic heterocycles. The average molecular weight is 310 g/mol. The van der Waals surface area contributed by atoms with Gasteiger partial charge >= 0.3 is 0 Å². The van der Waals surface area contributed by atoms with E-state index in [9.17, 15) is 8.42 Å². The number of benzene rings is 1. The minimum Gasteiger partial charge on any atom is -0.267 e. The summed E-state index contributed by atoms with van der Waals surface area (Å²) in [5, 5.41) is 0.348. The Morgan fingerprint density at radius 1 is 1.47 bits per heavy atom. The van der Waals surface area contributed by atoms with E-state index in [1.54, 1.807) is 13.0 Å². The Labute approximate surface area is 101 Å². The zero-order valence-electron chi connectivity index (χ0n) is 7.58. The van der Waals surface area contributed by atoms with E-state index in [0.717, 1.165) is 0 Å². The smallest absolute Gasteiger partial charge is 0.265 e. The lowest BCUT2D eigenvalue weighted by Crippen LogP contribution is -2.31. The van der Waals surface area contributed by atoms with Gasteiger partial charge in [-0.2, -0.15) is 0 Å². The van der Waals surface area contributed by atoms with E-state index in [0.29, 0.717) is 21.0 Å². The van der Waals surface area contributed by atoms with Crippen LogP contribution in [0.4, 0.5) is 5.69 Å². The van der Waals surface area contributed by atoms with Crippen molar-refractivity contribution in [3.63, 3.8) is 0 Å². The number of hydrogen-bond donors (Lipinski definition) is 1. The van der Waals surface area contributed by atoms with Gasteiger partial charge in [0.15, 0.2) is 0 Å². The number of halogens is 2. The highest BCUT2D eigenvalue weighted by Gasteiger charge is 2.25. The SMILES string of the molecule is CC1=Nc2c(Br)cc(Cl)cc2S(=O)(=O)N1. The van der Waals surface area contributed by atoms with E-state index in [1.807, 2.05) is 0 Å². The normalized spacial score (nSPS) is 17.7. The summed E-state index contributed by atoms with van der Waals surface area (Å²) in [7, 11) is -3.53. The van der Waals surface area contributed by atoms with Crippen LogP contribution < -0.4 is 4.72 Å². The molecule has 0 saturated heterocycles. The van der Waals surface area contributed by atoms with Crippen LogP contribution in [-0.4, -0.2) is 14.3 Å². The third kappa shape index (κ3) is 1.89. The maximum atomic E-state index is 11.7. The molecular weight excluding hydrogens is 304 g/mol. The molecular formula is C8H6BrClN2O2S. The molecule has 15 heavy (non-hydrogen) atoms. The quantitative estimate of drug-likeness (QED) is 0.800. The largest absolute Gasteiger partial charge is 0.267 e. The number of nitrogens with zero attached hydrogens (tertiary/aromatic N) is 1. The third-order valence-corrected chi connectivity index (χ3v) is 4.12. The van der Waals surface area contributed by atoms with Crippen LogP contribution in [0.15, 0.2) is 26.5 Å². The molecule has 1 heterocycles. The summed E-state index contributed by atoms with van der Waals surface area (Å²) in [6.45, 7) is 1.58. The predicted molar refractivity (Wildman–Crippen MR) is 62.2 cm³/mol. The van der Waals surface area contributed by atoms with Gasteiger partial charge in [-0.05, 0) is 35.0 Å². The van der Waals surface area contributed by atoms with Gasteiger partial charge in [-0.15, -0.1) is 0 Å². The van der Waals surface area contributed by atoms with E-state index >= 15 is 0 Å². The number of hydrogen-bond acceptors (Lipinski definition) is 3. The van der Waals surface area contributed by atoms with Crippen molar-refractivity contribution in [1.82, 2.24) is 4.72 Å². The fraction of sp³-hybridized carbons (Fsp3) is 0.125. The maximum Gasteiger partial charge on any atom is 0.265 e. The van der Waals surface area contributed by atoms with Gasteiger partial charge in [-0.25, -0.2) is 13.4 Å². The van der Waals surface area contributed by atoms with Crippen LogP contribution in [-0.2, 0) is 10.0 Å². The molecule has 1 aliphatic rings. The third-order valence-electron chi connectivity index (χ3n) is 1.84. The van der Waals surface area contributed by atoms with Crippen molar-refractivity contribution in [2.24, 2.45) is 4.99 Å². The van der Waals surface area contributed by atoms with Crippen LogP contribution in [0.2, 0.25) is 5.02 Å². The Hall–Kier alpha value is -0.590. The Morgan fingerprint density at radius 2 is 2.13 bits per heavy atom. The number of amidine groups is 1. The second-order valence-corrected chi connectivity index (χ2v) is 5.98. The molecule has 0 spiro atoms. The molecule has 2 rings (SSSR count). The standard InChI is InChI=1S/C8H6BrClN2O2S/c1-4-11-8-6(9)2-5(10)3-7(8)15(13,14)12-4/h2-3H,1H3,(H,11,12). The Kier molecular flexibility index (Phi) is 2.52. The Bertz CT molecular complexity index is 568. The molecule has 1 N–H and O–H groups in total. The van der Waals surface area contributed by atoms with E-state index in [2.05, 4.69) is 25.6 Å². The minimum atomic E-state index is -3.53. The number of aliphatic imine (C=N–C) groups is 1. The van der Waals surface area contributed by atoms with Crippen LogP contribution in [0.1, 0.15) is 6.92 Å². The second kappa shape index (κ2) is 3.47. The van der Waals surface area contributed by atoms with Crippen LogP contribution >= 0.6 is 27.5 Å². The van der Waals surface area contributed by atoms with E-state index in [-0.39, 0.29) is 4.90 Å². The molecule has 1 aliphatic heterocycles. The topological polar surface area (TPSA) is 58.5 Å². The average Bonchev–Trinajstić information content (AvgIpc) is 2.06. The zero-order valence-corrected chi connectivity index (χ0v) is 10.7. The molecule has 7 heteroatoms. The molecule has 0 saturated carbocycles. The monoisotopic (exact) mass is 308 g/mol. The highest BCUT2D eigenvalue weighted by atomic mass is 79.9. The minimum absolute atomic E-state index is 0.0903. The summed E-state index contributed by atoms with van der Waals surface area (Å²) in [6.07, 6.45) is 0. The van der Waals surface area contributed by atoms with Crippen molar-refractivity contribution in [2.45, 2.75) is 11.8 Å². The van der Waals surface area contributed by atoms with Crippen molar-refractivity contribution < 1.29 is 8.42 Å². The Morgan fingerprint density at radius 3 is 2.80 bits per heavy atom. The van der Waals surface area contributed by atoms with Crippen molar-refractivity contribution in [3.8, 4) is 0 Å². The van der Waals surface area contributed by atoms with E-state index in [1.165, 1.54) is 6.07 Å². The van der Waals surface area contributed by atoms with Gasteiger partial charge in [-0.1, -0.05) is 11.6 Å². The van der Waals surface area contributed by atoms with Gasteiger partial charge in [0.25, 0.3) is 10.0 Å². The summed E-state index contributed by atoms with van der Waals surface area (Å²) in [5.41, 5.74) is 0.385. The number of sulfonamides is 1. The fourth-order valence-electron chi connectivity index (χ4n) is 1.30. The molecule has 0 amide bonds. The molecule has 1 aromatic carbocycles. The first-order valence-electron chi connectivity index (χ1n) is 3.97. The maximum absolute atomic E-state index is 11.7. The first-order valence-corrected chi connectivity index (χ1v) is 6.63. The second-order valence-electron chi connectivity index (χ2n) is 3.04. The first-order chi connectivity index (χ1) is 6.90. The summed E-state index contributed by atoms with van der Waals surface area (Å²) in [4.78, 5) is 4.19. The van der Waals surface area contributed by atoms with Crippen LogP contribution in [0.5, 0.6) is 0 Å². The molecule has 1 aromatic rings. The molecule has 80 valence electrons. The fourth-order valence-corrected chi connectivity index (χ4v) is 3.63. The van der Waals surface area contributed by atoms with Gasteiger partial charge in [0.2, 0.25) is 0 Å². The molecule has 0 atom stereocenters. The van der Waals surface area contributed by atoms with Gasteiger partial charge in [0, 0.05) is 9.50 Å². The van der Waals surface area contributed by atoms with Gasteiger partial charge in [0.1, 0.15) is 10.7 Å². The Balaban J connectivity index is 2.85. The van der Waals surface area contributed by atoms with E-state index < -0.39 is 10.0 Å². The van der Waals surface area contributed by atoms with Crippen LogP contribution in [0.25, 0.3) is 0 Å². The van der Waals surface area contributed by atoms with Gasteiger partial charge in [-0.3, -0.25) is 4.72 Å². The number of nitrogens with one attached hydrogen (secondary N) is 1. The van der Waals surface area contributed by atoms with Crippen LogP contribution in [0, 0.1) is 0 Å². The summed E-state index contributed by atoms with van der Waals surface area (Å²) >= 11 is 9.00. The summed E-state index contributed by atoms with van der Waals surface area (Å²) in [5.74, 6) is 0.338. The van der Waals surface area contributed by atoms with Gasteiger partial charge in [0.05, 0.1) is 5.69 Å². The molecule has 0 unspecified atom stereocenters. The number of fused-ring (bicyclic) bond motifs is 1. The predicted octanol–water partition coefficient (Wildman–Crippen LogP) is 2.44. The highest BCUT2D eigenvalue weighted by molar-refractivity contribution is 9.10. The van der Waals surface area contributed by atoms with Crippen molar-refractivity contribution >= 4 is 49.1 Å². The molecule has 0 aliphatic carbocycles. The van der Waals surface area contributed by atoms with Crippen molar-refractivity contribution in [2.75, 3.05) is 0 Å². The lowest BCUT2D eigenvalue weighted by Gasteiger charge is -2.16. The molecule has 0 radical (unpaired) electrons. The summed E-state index contributed by atoms with van der Waals surface area (Å²) in [6, 6.07) is 2.98. The van der Waals surface area contributed by atoms with Crippen LogP contribution in [0.3, 0.4) is 0 Å².